The number of fused-ring (bicyclic) bond motifs is 1. The average Bonchev–Trinajstić information content (AvgIpc) is 2.64. The number of benzene rings is 3. The Bertz CT molecular complexity index is 1080. The summed E-state index contributed by atoms with van der Waals surface area (Å²) in [6, 6.07) is 21.1. The Morgan fingerprint density at radius 2 is 1.63 bits per heavy atom. The van der Waals surface area contributed by atoms with Gasteiger partial charge in [0.1, 0.15) is 6.54 Å². The maximum absolute atomic E-state index is 12.4. The average molecular weight is 382 g/mol. The number of hydrogen-bond acceptors (Lipinski definition) is 3. The van der Waals surface area contributed by atoms with E-state index in [4.69, 9.17) is 0 Å². The monoisotopic (exact) mass is 382 g/mol. The number of hydrogen-bond donors (Lipinski definition) is 1. The van der Waals surface area contributed by atoms with Gasteiger partial charge in [-0.1, -0.05) is 54.6 Å². The third-order valence-corrected chi connectivity index (χ3v) is 5.50. The summed E-state index contributed by atoms with van der Waals surface area (Å²) in [5, 5.41) is 5.04. The molecule has 0 fully saturated rings. The lowest BCUT2D eigenvalue weighted by atomic mass is 10.1. The fraction of sp³-hybridized carbons (Fsp3) is 0.190. The first kappa shape index (κ1) is 18.9. The summed E-state index contributed by atoms with van der Waals surface area (Å²) >= 11 is 0. The van der Waals surface area contributed by atoms with Crippen LogP contribution in [0.2, 0.25) is 0 Å². The first-order valence-corrected chi connectivity index (χ1v) is 10.5. The van der Waals surface area contributed by atoms with Crippen LogP contribution in [0.25, 0.3) is 10.8 Å². The van der Waals surface area contributed by atoms with Crippen LogP contribution < -0.4 is 9.62 Å². The van der Waals surface area contributed by atoms with Crippen molar-refractivity contribution >= 4 is 32.4 Å². The zero-order valence-electron chi connectivity index (χ0n) is 15.3. The van der Waals surface area contributed by atoms with Crippen molar-refractivity contribution in [3.63, 3.8) is 0 Å². The number of aryl methyl sites for hydroxylation is 1. The number of anilines is 1. The minimum atomic E-state index is -3.57. The van der Waals surface area contributed by atoms with Gasteiger partial charge in [-0.05, 0) is 41.0 Å². The van der Waals surface area contributed by atoms with Gasteiger partial charge in [-0.3, -0.25) is 9.10 Å². The highest BCUT2D eigenvalue weighted by Crippen LogP contribution is 2.21. The second-order valence-corrected chi connectivity index (χ2v) is 8.42. The number of sulfonamides is 1. The van der Waals surface area contributed by atoms with Gasteiger partial charge < -0.3 is 5.32 Å². The molecule has 0 saturated carbocycles. The van der Waals surface area contributed by atoms with Gasteiger partial charge in [0, 0.05) is 6.54 Å². The quantitative estimate of drug-likeness (QED) is 0.712. The van der Waals surface area contributed by atoms with E-state index < -0.39 is 10.0 Å². The zero-order chi connectivity index (χ0) is 19.4. The van der Waals surface area contributed by atoms with Crippen LogP contribution >= 0.6 is 0 Å². The Balaban J connectivity index is 1.71. The van der Waals surface area contributed by atoms with Crippen LogP contribution in [0.5, 0.6) is 0 Å². The van der Waals surface area contributed by atoms with Gasteiger partial charge in [0.25, 0.3) is 0 Å². The smallest absolute Gasteiger partial charge is 0.241 e. The number of amides is 1. The Labute approximate surface area is 159 Å². The largest absolute Gasteiger partial charge is 0.350 e. The molecule has 5 nitrogen and oxygen atoms in total. The molecule has 140 valence electrons. The van der Waals surface area contributed by atoms with Gasteiger partial charge in [-0.15, -0.1) is 0 Å². The minimum absolute atomic E-state index is 0.253. The van der Waals surface area contributed by atoms with Crippen molar-refractivity contribution in [1.29, 1.82) is 0 Å². The van der Waals surface area contributed by atoms with Crippen LogP contribution in [-0.2, 0) is 21.4 Å². The molecule has 0 radical (unpaired) electrons. The van der Waals surface area contributed by atoms with E-state index in [1.54, 1.807) is 12.1 Å². The third-order valence-electron chi connectivity index (χ3n) is 4.38. The summed E-state index contributed by atoms with van der Waals surface area (Å²) in [6.45, 7) is 1.91. The van der Waals surface area contributed by atoms with Crippen molar-refractivity contribution in [2.24, 2.45) is 0 Å². The molecule has 0 aromatic heterocycles. The van der Waals surface area contributed by atoms with Gasteiger partial charge in [0.05, 0.1) is 11.9 Å². The van der Waals surface area contributed by atoms with E-state index in [9.17, 15) is 13.2 Å². The van der Waals surface area contributed by atoms with Crippen LogP contribution in [0, 0.1) is 6.92 Å². The predicted molar refractivity (Wildman–Crippen MR) is 109 cm³/mol. The maximum atomic E-state index is 12.4. The molecular formula is C21H22N2O3S. The summed E-state index contributed by atoms with van der Waals surface area (Å²) in [5.74, 6) is -0.350. The van der Waals surface area contributed by atoms with E-state index in [0.29, 0.717) is 12.2 Å². The molecule has 27 heavy (non-hydrogen) atoms. The predicted octanol–water partition coefficient (Wildman–Crippen LogP) is 3.23. The molecular weight excluding hydrogens is 360 g/mol. The van der Waals surface area contributed by atoms with Gasteiger partial charge >= 0.3 is 0 Å². The summed E-state index contributed by atoms with van der Waals surface area (Å²) < 4.78 is 25.5. The molecule has 1 amide bonds. The highest BCUT2D eigenvalue weighted by atomic mass is 32.2. The van der Waals surface area contributed by atoms with Crippen LogP contribution in [0.1, 0.15) is 11.1 Å². The van der Waals surface area contributed by atoms with Crippen LogP contribution in [0.4, 0.5) is 5.69 Å². The molecule has 3 rings (SSSR count). The molecule has 0 aliphatic heterocycles. The standard InChI is InChI=1S/C21H22N2O3S/c1-16-7-3-6-10-20(16)23(27(2,25)26)15-21(24)22-14-17-11-12-18-8-4-5-9-19(18)13-17/h3-13H,14-15H2,1-2H3,(H,22,24). The molecule has 0 atom stereocenters. The Kier molecular flexibility index (Phi) is 5.46. The van der Waals surface area contributed by atoms with Gasteiger partial charge in [0.2, 0.25) is 15.9 Å². The third kappa shape index (κ3) is 4.65. The molecule has 0 aliphatic carbocycles. The number of nitrogens with one attached hydrogen (secondary N) is 1. The molecule has 1 N–H and O–H groups in total. The summed E-state index contributed by atoms with van der Waals surface area (Å²) in [7, 11) is -3.57. The maximum Gasteiger partial charge on any atom is 0.241 e. The first-order chi connectivity index (χ1) is 12.8. The zero-order valence-corrected chi connectivity index (χ0v) is 16.2. The van der Waals surface area contributed by atoms with E-state index in [1.807, 2.05) is 61.5 Å². The Hall–Kier alpha value is -2.86. The normalized spacial score (nSPS) is 11.3. The van der Waals surface area contributed by atoms with E-state index in [-0.39, 0.29) is 12.5 Å². The van der Waals surface area contributed by atoms with E-state index in [0.717, 1.165) is 32.5 Å². The SMILES string of the molecule is Cc1ccccc1N(CC(=O)NCc1ccc2ccccc2c1)S(C)(=O)=O. The molecule has 0 unspecified atom stereocenters. The number of rotatable bonds is 6. The number of nitrogens with zero attached hydrogens (tertiary/aromatic N) is 1. The van der Waals surface area contributed by atoms with Crippen molar-refractivity contribution in [2.45, 2.75) is 13.5 Å². The van der Waals surface area contributed by atoms with Crippen molar-refractivity contribution in [2.75, 3.05) is 17.1 Å². The molecule has 0 heterocycles. The van der Waals surface area contributed by atoms with Crippen LogP contribution in [0.15, 0.2) is 66.7 Å². The number of carbonyl (C=O) groups is 1. The van der Waals surface area contributed by atoms with Crippen LogP contribution in [-0.4, -0.2) is 27.1 Å². The highest BCUT2D eigenvalue weighted by Gasteiger charge is 2.21. The topological polar surface area (TPSA) is 66.5 Å². The Morgan fingerprint density at radius 1 is 0.963 bits per heavy atom. The van der Waals surface area contributed by atoms with E-state index >= 15 is 0 Å². The molecule has 0 saturated heterocycles. The van der Waals surface area contributed by atoms with Gasteiger partial charge in [-0.2, -0.15) is 0 Å². The van der Waals surface area contributed by atoms with Gasteiger partial charge in [-0.25, -0.2) is 8.42 Å². The van der Waals surface area contributed by atoms with Crippen molar-refractivity contribution < 1.29 is 13.2 Å². The molecule has 0 bridgehead atoms. The molecule has 6 heteroatoms. The highest BCUT2D eigenvalue weighted by molar-refractivity contribution is 7.92. The molecule has 0 spiro atoms. The minimum Gasteiger partial charge on any atom is -0.350 e. The first-order valence-electron chi connectivity index (χ1n) is 8.62. The summed E-state index contributed by atoms with van der Waals surface area (Å²) in [5.41, 5.74) is 2.27. The van der Waals surface area contributed by atoms with E-state index in [1.165, 1.54) is 0 Å². The molecule has 0 aliphatic rings. The summed E-state index contributed by atoms with van der Waals surface area (Å²) in [4.78, 5) is 12.4. The van der Waals surface area contributed by atoms with Crippen molar-refractivity contribution in [1.82, 2.24) is 5.32 Å². The van der Waals surface area contributed by atoms with Crippen molar-refractivity contribution in [3.8, 4) is 0 Å². The number of carbonyl (C=O) groups excluding carboxylic acids is 1. The van der Waals surface area contributed by atoms with Crippen LogP contribution in [0.3, 0.4) is 0 Å². The fourth-order valence-electron chi connectivity index (χ4n) is 2.96. The second kappa shape index (κ2) is 7.80. The fourth-order valence-corrected chi connectivity index (χ4v) is 3.87. The summed E-state index contributed by atoms with van der Waals surface area (Å²) in [6.07, 6.45) is 1.11. The van der Waals surface area contributed by atoms with Gasteiger partial charge in [0.15, 0.2) is 0 Å². The lowest BCUT2D eigenvalue weighted by Crippen LogP contribution is -2.40. The number of para-hydroxylation sites is 1. The van der Waals surface area contributed by atoms with E-state index in [2.05, 4.69) is 5.32 Å². The Morgan fingerprint density at radius 3 is 2.33 bits per heavy atom. The lowest BCUT2D eigenvalue weighted by molar-refractivity contribution is -0.119. The van der Waals surface area contributed by atoms with Crippen molar-refractivity contribution in [3.05, 3.63) is 77.9 Å². The second-order valence-electron chi connectivity index (χ2n) is 6.51. The molecule has 3 aromatic rings. The molecule has 3 aromatic carbocycles. The lowest BCUT2D eigenvalue weighted by Gasteiger charge is -2.23.